The molecule has 5 rings (SSSR count). The summed E-state index contributed by atoms with van der Waals surface area (Å²) in [6.45, 7) is 2.38. The molecule has 27 heavy (non-hydrogen) atoms. The van der Waals surface area contributed by atoms with Gasteiger partial charge in [-0.25, -0.2) is 0 Å². The number of hydrogen-bond acceptors (Lipinski definition) is 1. The lowest BCUT2D eigenvalue weighted by atomic mass is 9.70. The molecule has 3 aromatic rings. The smallest absolute Gasteiger partial charge is 0.0717 e. The molecule has 0 unspecified atom stereocenters. The molecule has 140 valence electrons. The van der Waals surface area contributed by atoms with Gasteiger partial charge in [0.2, 0.25) is 0 Å². The normalized spacial score (nSPS) is 27.0. The van der Waals surface area contributed by atoms with Crippen molar-refractivity contribution in [3.63, 3.8) is 0 Å². The summed E-state index contributed by atoms with van der Waals surface area (Å²) in [4.78, 5) is 0. The van der Waals surface area contributed by atoms with E-state index in [4.69, 9.17) is 0 Å². The van der Waals surface area contributed by atoms with E-state index in [9.17, 15) is 5.11 Å². The number of aliphatic hydroxyl groups is 1. The minimum atomic E-state index is -0.566. The first kappa shape index (κ1) is 17.1. The van der Waals surface area contributed by atoms with Gasteiger partial charge in [-0.05, 0) is 43.4 Å². The molecule has 0 bridgehead atoms. The maximum atomic E-state index is 11.8. The standard InChI is InChI=1S/C25H29NO/c1-24(18-11-5-3-6-12-18)17-20(25(27)15-9-4-10-16-25)22-19-13-7-8-14-21(19)26(2)23(22)24/h3,5-8,11-14,20,27H,4,9-10,15-17H2,1-2H3/t20-,24-/m1/s1. The largest absolute Gasteiger partial charge is 0.389 e. The van der Waals surface area contributed by atoms with Crippen molar-refractivity contribution in [3.05, 3.63) is 71.4 Å². The SMILES string of the molecule is Cn1c2c(c3ccccc31)[C@H](C1(O)CCCCC1)C[C@]2(C)c1ccccc1. The molecule has 2 atom stereocenters. The fraction of sp³-hybridized carbons (Fsp3) is 0.440. The number of aryl methyl sites for hydroxylation is 1. The third-order valence-electron chi connectivity index (χ3n) is 7.41. The van der Waals surface area contributed by atoms with Gasteiger partial charge in [0.15, 0.2) is 0 Å². The van der Waals surface area contributed by atoms with Gasteiger partial charge in [-0.3, -0.25) is 0 Å². The molecule has 2 aliphatic rings. The summed E-state index contributed by atoms with van der Waals surface area (Å²) in [6, 6.07) is 19.6. The maximum absolute atomic E-state index is 11.8. The van der Waals surface area contributed by atoms with Gasteiger partial charge in [-0.2, -0.15) is 0 Å². The van der Waals surface area contributed by atoms with Gasteiger partial charge in [0.1, 0.15) is 0 Å². The van der Waals surface area contributed by atoms with Crippen molar-refractivity contribution in [3.8, 4) is 0 Å². The second-order valence-electron chi connectivity index (χ2n) is 8.96. The fourth-order valence-corrected chi connectivity index (χ4v) is 6.08. The Kier molecular flexibility index (Phi) is 3.77. The molecular formula is C25H29NO. The zero-order valence-corrected chi connectivity index (χ0v) is 16.4. The Labute approximate surface area is 161 Å². The van der Waals surface area contributed by atoms with Crippen molar-refractivity contribution in [2.45, 2.75) is 62.4 Å². The average Bonchev–Trinajstić information content (AvgIpc) is 3.19. The number of nitrogens with zero attached hydrogens (tertiary/aromatic N) is 1. The van der Waals surface area contributed by atoms with Crippen LogP contribution in [0.4, 0.5) is 0 Å². The topological polar surface area (TPSA) is 25.2 Å². The summed E-state index contributed by atoms with van der Waals surface area (Å²) in [6.07, 6.45) is 6.42. The van der Waals surface area contributed by atoms with Crippen LogP contribution < -0.4 is 0 Å². The first-order valence-corrected chi connectivity index (χ1v) is 10.4. The van der Waals surface area contributed by atoms with Gasteiger partial charge in [0, 0.05) is 35.0 Å². The highest BCUT2D eigenvalue weighted by atomic mass is 16.3. The Morgan fingerprint density at radius 3 is 2.33 bits per heavy atom. The Hall–Kier alpha value is -2.06. The van der Waals surface area contributed by atoms with Gasteiger partial charge in [0.05, 0.1) is 5.60 Å². The van der Waals surface area contributed by atoms with Gasteiger partial charge < -0.3 is 9.67 Å². The molecule has 1 fully saturated rings. The van der Waals surface area contributed by atoms with Crippen LogP contribution >= 0.6 is 0 Å². The lowest BCUT2D eigenvalue weighted by Crippen LogP contribution is -2.38. The molecule has 0 saturated heterocycles. The maximum Gasteiger partial charge on any atom is 0.0717 e. The van der Waals surface area contributed by atoms with Crippen LogP contribution in [0.15, 0.2) is 54.6 Å². The number of benzene rings is 2. The zero-order valence-electron chi connectivity index (χ0n) is 16.4. The van der Waals surface area contributed by atoms with Crippen LogP contribution in [0, 0.1) is 0 Å². The van der Waals surface area contributed by atoms with Gasteiger partial charge >= 0.3 is 0 Å². The molecule has 1 aromatic heterocycles. The van der Waals surface area contributed by atoms with Crippen LogP contribution in [-0.2, 0) is 12.5 Å². The third kappa shape index (κ3) is 2.36. The predicted octanol–water partition coefficient (Wildman–Crippen LogP) is 5.67. The van der Waals surface area contributed by atoms with E-state index in [1.165, 1.54) is 34.1 Å². The lowest BCUT2D eigenvalue weighted by molar-refractivity contribution is -0.0236. The van der Waals surface area contributed by atoms with Crippen molar-refractivity contribution in [2.24, 2.45) is 7.05 Å². The Morgan fingerprint density at radius 1 is 0.926 bits per heavy atom. The van der Waals surface area contributed by atoms with Crippen molar-refractivity contribution >= 4 is 10.9 Å². The quantitative estimate of drug-likeness (QED) is 0.627. The average molecular weight is 360 g/mol. The Balaban J connectivity index is 1.78. The number of rotatable bonds is 2. The third-order valence-corrected chi connectivity index (χ3v) is 7.41. The van der Waals surface area contributed by atoms with Gasteiger partial charge in [-0.1, -0.05) is 67.8 Å². The first-order chi connectivity index (χ1) is 13.0. The summed E-state index contributed by atoms with van der Waals surface area (Å²) in [5.41, 5.74) is 4.82. The lowest BCUT2D eigenvalue weighted by Gasteiger charge is -2.39. The molecule has 2 nitrogen and oxygen atoms in total. The fourth-order valence-electron chi connectivity index (χ4n) is 6.08. The van der Waals surface area contributed by atoms with Crippen molar-refractivity contribution in [1.82, 2.24) is 4.57 Å². The van der Waals surface area contributed by atoms with Gasteiger partial charge in [-0.15, -0.1) is 0 Å². The minimum absolute atomic E-state index is 0.0673. The monoisotopic (exact) mass is 359 g/mol. The molecule has 2 heteroatoms. The highest BCUT2D eigenvalue weighted by molar-refractivity contribution is 5.88. The van der Waals surface area contributed by atoms with E-state index < -0.39 is 5.60 Å². The van der Waals surface area contributed by atoms with E-state index >= 15 is 0 Å². The minimum Gasteiger partial charge on any atom is -0.389 e. The van der Waals surface area contributed by atoms with Crippen molar-refractivity contribution in [2.75, 3.05) is 0 Å². The van der Waals surface area contributed by atoms with Crippen molar-refractivity contribution in [1.29, 1.82) is 0 Å². The van der Waals surface area contributed by atoms with Crippen LogP contribution in [0.1, 0.15) is 68.2 Å². The summed E-state index contributed by atoms with van der Waals surface area (Å²) < 4.78 is 2.39. The first-order valence-electron chi connectivity index (χ1n) is 10.4. The molecule has 1 heterocycles. The molecule has 2 aromatic carbocycles. The van der Waals surface area contributed by atoms with Crippen LogP contribution in [0.2, 0.25) is 0 Å². The predicted molar refractivity (Wildman–Crippen MR) is 111 cm³/mol. The number of aromatic nitrogens is 1. The van der Waals surface area contributed by atoms with Crippen LogP contribution in [0.25, 0.3) is 10.9 Å². The van der Waals surface area contributed by atoms with E-state index in [0.29, 0.717) is 0 Å². The van der Waals surface area contributed by atoms with Crippen LogP contribution in [0.3, 0.4) is 0 Å². The summed E-state index contributed by atoms with van der Waals surface area (Å²) in [5.74, 6) is 0.212. The van der Waals surface area contributed by atoms with E-state index in [1.54, 1.807) is 0 Å². The van der Waals surface area contributed by atoms with E-state index in [1.807, 2.05) is 0 Å². The molecule has 0 radical (unpaired) electrons. The molecule has 2 aliphatic carbocycles. The zero-order chi connectivity index (χ0) is 18.6. The second-order valence-corrected chi connectivity index (χ2v) is 8.96. The number of fused-ring (bicyclic) bond motifs is 3. The summed E-state index contributed by atoms with van der Waals surface area (Å²) in [7, 11) is 2.20. The van der Waals surface area contributed by atoms with E-state index in [2.05, 4.69) is 73.1 Å². The van der Waals surface area contributed by atoms with E-state index in [-0.39, 0.29) is 11.3 Å². The highest BCUT2D eigenvalue weighted by Gasteiger charge is 2.52. The van der Waals surface area contributed by atoms with E-state index in [0.717, 1.165) is 32.1 Å². The van der Waals surface area contributed by atoms with Gasteiger partial charge in [0.25, 0.3) is 0 Å². The molecular weight excluding hydrogens is 330 g/mol. The van der Waals surface area contributed by atoms with Crippen LogP contribution in [-0.4, -0.2) is 15.3 Å². The Morgan fingerprint density at radius 2 is 1.59 bits per heavy atom. The molecule has 0 aliphatic heterocycles. The highest BCUT2D eigenvalue weighted by Crippen LogP contribution is 2.58. The molecule has 1 saturated carbocycles. The summed E-state index contributed by atoms with van der Waals surface area (Å²) >= 11 is 0. The second kappa shape index (κ2) is 5.97. The molecule has 0 amide bonds. The Bertz CT molecular complexity index is 980. The number of hydrogen-bond donors (Lipinski definition) is 1. The number of para-hydroxylation sites is 1. The molecule has 1 N–H and O–H groups in total. The molecule has 0 spiro atoms. The van der Waals surface area contributed by atoms with Crippen molar-refractivity contribution < 1.29 is 5.11 Å². The summed E-state index contributed by atoms with van der Waals surface area (Å²) in [5, 5.41) is 13.1. The van der Waals surface area contributed by atoms with Crippen LogP contribution in [0.5, 0.6) is 0 Å².